The first-order chi connectivity index (χ1) is 10.8. The maximum Gasteiger partial charge on any atom is 0.414 e. The van der Waals surface area contributed by atoms with E-state index >= 15 is 0 Å². The van der Waals surface area contributed by atoms with Crippen LogP contribution in [0.1, 0.15) is 31.9 Å². The molecule has 23 heavy (non-hydrogen) atoms. The lowest BCUT2D eigenvalue weighted by molar-refractivity contribution is 0.0589. The highest BCUT2D eigenvalue weighted by Crippen LogP contribution is 2.18. The van der Waals surface area contributed by atoms with Gasteiger partial charge in [0.15, 0.2) is 0 Å². The van der Waals surface area contributed by atoms with Crippen LogP contribution >= 0.6 is 0 Å². The van der Waals surface area contributed by atoms with Crippen molar-refractivity contribution in [3.8, 4) is 0 Å². The van der Waals surface area contributed by atoms with Gasteiger partial charge in [-0.15, -0.1) is 0 Å². The van der Waals surface area contributed by atoms with Gasteiger partial charge >= 0.3 is 6.09 Å². The molecule has 0 unspecified atom stereocenters. The van der Waals surface area contributed by atoms with Crippen molar-refractivity contribution in [2.24, 2.45) is 0 Å². The fourth-order valence-corrected chi connectivity index (χ4v) is 2.00. The fourth-order valence-electron chi connectivity index (χ4n) is 2.00. The van der Waals surface area contributed by atoms with E-state index in [4.69, 9.17) is 4.74 Å². The summed E-state index contributed by atoms with van der Waals surface area (Å²) in [5, 5.41) is 0. The molecule has 0 aliphatic heterocycles. The van der Waals surface area contributed by atoms with Crippen molar-refractivity contribution in [2.45, 2.75) is 26.4 Å². The normalized spacial score (nSPS) is 11.5. The van der Waals surface area contributed by atoms with Crippen molar-refractivity contribution in [1.29, 1.82) is 0 Å². The molecule has 120 valence electrons. The van der Waals surface area contributed by atoms with Crippen molar-refractivity contribution < 1.29 is 9.53 Å². The van der Waals surface area contributed by atoms with E-state index in [1.165, 1.54) is 4.90 Å². The number of benzene rings is 2. The summed E-state index contributed by atoms with van der Waals surface area (Å²) >= 11 is 0. The van der Waals surface area contributed by atoms with Crippen LogP contribution in [0.25, 0.3) is 12.2 Å². The minimum atomic E-state index is -0.496. The van der Waals surface area contributed by atoms with E-state index in [2.05, 4.69) is 18.2 Å². The molecule has 0 radical (unpaired) electrons. The largest absolute Gasteiger partial charge is 0.443 e. The summed E-state index contributed by atoms with van der Waals surface area (Å²) in [4.78, 5) is 13.6. The van der Waals surface area contributed by atoms with Crippen LogP contribution in [0, 0.1) is 0 Å². The number of carbonyl (C=O) groups excluding carboxylic acids is 1. The van der Waals surface area contributed by atoms with Gasteiger partial charge in [0, 0.05) is 12.7 Å². The second-order valence-electron chi connectivity index (χ2n) is 6.37. The average Bonchev–Trinajstić information content (AvgIpc) is 2.52. The first-order valence-corrected chi connectivity index (χ1v) is 7.65. The van der Waals surface area contributed by atoms with Crippen LogP contribution in [0.15, 0.2) is 54.6 Å². The molecule has 0 aromatic heterocycles. The molecule has 2 aromatic rings. The fraction of sp³-hybridized carbons (Fsp3) is 0.250. The third kappa shape index (κ3) is 5.29. The maximum atomic E-state index is 12.0. The number of anilines is 1. The van der Waals surface area contributed by atoms with Crippen molar-refractivity contribution in [2.75, 3.05) is 11.9 Å². The van der Waals surface area contributed by atoms with E-state index in [1.807, 2.05) is 69.3 Å². The molecule has 0 fully saturated rings. The quantitative estimate of drug-likeness (QED) is 0.727. The second-order valence-corrected chi connectivity index (χ2v) is 6.37. The van der Waals surface area contributed by atoms with E-state index in [-0.39, 0.29) is 6.09 Å². The Bertz CT molecular complexity index is 667. The number of hydrogen-bond acceptors (Lipinski definition) is 2. The van der Waals surface area contributed by atoms with Crippen LogP contribution in [0.2, 0.25) is 0 Å². The Morgan fingerprint density at radius 3 is 1.96 bits per heavy atom. The Hall–Kier alpha value is -2.55. The lowest BCUT2D eigenvalue weighted by Gasteiger charge is -2.24. The summed E-state index contributed by atoms with van der Waals surface area (Å²) in [5.41, 5.74) is 2.54. The third-order valence-electron chi connectivity index (χ3n) is 3.22. The lowest BCUT2D eigenvalue weighted by Crippen LogP contribution is -2.34. The maximum absolute atomic E-state index is 12.0. The molecule has 0 heterocycles. The zero-order valence-electron chi connectivity index (χ0n) is 14.1. The van der Waals surface area contributed by atoms with Gasteiger partial charge in [-0.25, -0.2) is 4.79 Å². The number of hydrogen-bond donors (Lipinski definition) is 0. The molecule has 0 aliphatic carbocycles. The zero-order valence-corrected chi connectivity index (χ0v) is 14.1. The Balaban J connectivity index is 2.04. The minimum absolute atomic E-state index is 0.356. The molecule has 3 heteroatoms. The highest BCUT2D eigenvalue weighted by Gasteiger charge is 2.20. The van der Waals surface area contributed by atoms with E-state index in [9.17, 15) is 4.79 Å². The monoisotopic (exact) mass is 309 g/mol. The van der Waals surface area contributed by atoms with Gasteiger partial charge < -0.3 is 4.74 Å². The van der Waals surface area contributed by atoms with E-state index in [0.717, 1.165) is 16.8 Å². The first-order valence-electron chi connectivity index (χ1n) is 7.65. The summed E-state index contributed by atoms with van der Waals surface area (Å²) in [6, 6.07) is 17.9. The topological polar surface area (TPSA) is 29.5 Å². The zero-order chi connectivity index (χ0) is 16.9. The predicted molar refractivity (Wildman–Crippen MR) is 96.4 cm³/mol. The van der Waals surface area contributed by atoms with Crippen molar-refractivity contribution in [1.82, 2.24) is 0 Å². The number of ether oxygens (including phenoxy) is 1. The average molecular weight is 309 g/mol. The molecule has 0 saturated carbocycles. The van der Waals surface area contributed by atoms with Gasteiger partial charge in [-0.2, -0.15) is 0 Å². The Labute approximate surface area is 138 Å². The van der Waals surface area contributed by atoms with Gasteiger partial charge in [-0.05, 0) is 44.0 Å². The minimum Gasteiger partial charge on any atom is -0.443 e. The van der Waals surface area contributed by atoms with Gasteiger partial charge in [0.05, 0.1) is 0 Å². The van der Waals surface area contributed by atoms with Gasteiger partial charge in [0.1, 0.15) is 5.60 Å². The molecule has 2 aromatic carbocycles. The van der Waals surface area contributed by atoms with E-state index in [0.29, 0.717) is 0 Å². The smallest absolute Gasteiger partial charge is 0.414 e. The summed E-state index contributed by atoms with van der Waals surface area (Å²) in [5.74, 6) is 0. The Morgan fingerprint density at radius 1 is 0.913 bits per heavy atom. The van der Waals surface area contributed by atoms with Crippen LogP contribution in [0.5, 0.6) is 0 Å². The predicted octanol–water partition coefficient (Wildman–Crippen LogP) is 5.23. The van der Waals surface area contributed by atoms with Crippen LogP contribution < -0.4 is 4.90 Å². The molecule has 0 saturated heterocycles. The molecular formula is C20H23NO2. The standard InChI is InChI=1S/C20H23NO2/c1-20(2,3)23-19(22)21(4)18-14-12-17(13-15-18)11-10-16-8-6-5-7-9-16/h5-15H,1-4H3/b11-10+. The molecular weight excluding hydrogens is 286 g/mol. The third-order valence-corrected chi connectivity index (χ3v) is 3.22. The molecule has 0 atom stereocenters. The SMILES string of the molecule is CN(C(=O)OC(C)(C)C)c1ccc(/C=C/c2ccccc2)cc1. The molecule has 2 rings (SSSR count). The van der Waals surface area contributed by atoms with E-state index in [1.54, 1.807) is 7.05 Å². The summed E-state index contributed by atoms with van der Waals surface area (Å²) in [6.07, 6.45) is 3.75. The second kappa shape index (κ2) is 7.14. The molecule has 0 aliphatic rings. The number of nitrogens with zero attached hydrogens (tertiary/aromatic N) is 1. The van der Waals surface area contributed by atoms with Crippen LogP contribution in [0.3, 0.4) is 0 Å². The molecule has 0 spiro atoms. The van der Waals surface area contributed by atoms with Gasteiger partial charge in [0.2, 0.25) is 0 Å². The highest BCUT2D eigenvalue weighted by atomic mass is 16.6. The molecule has 3 nitrogen and oxygen atoms in total. The first kappa shape index (κ1) is 16.8. The van der Waals surface area contributed by atoms with Gasteiger partial charge in [-0.3, -0.25) is 4.90 Å². The molecule has 1 amide bonds. The number of amides is 1. The van der Waals surface area contributed by atoms with Crippen LogP contribution in [-0.4, -0.2) is 18.7 Å². The lowest BCUT2D eigenvalue weighted by atomic mass is 10.1. The Kier molecular flexibility index (Phi) is 5.22. The van der Waals surface area contributed by atoms with Crippen molar-refractivity contribution >= 4 is 23.9 Å². The van der Waals surface area contributed by atoms with Crippen molar-refractivity contribution in [3.05, 3.63) is 65.7 Å². The summed E-state index contributed by atoms with van der Waals surface area (Å²) in [6.45, 7) is 5.57. The number of carbonyl (C=O) groups is 1. The van der Waals surface area contributed by atoms with Crippen molar-refractivity contribution in [3.63, 3.8) is 0 Å². The van der Waals surface area contributed by atoms with Crippen LogP contribution in [0.4, 0.5) is 10.5 Å². The molecule has 0 N–H and O–H groups in total. The van der Waals surface area contributed by atoms with Gasteiger partial charge in [-0.1, -0.05) is 54.6 Å². The summed E-state index contributed by atoms with van der Waals surface area (Å²) < 4.78 is 5.36. The number of rotatable bonds is 3. The van der Waals surface area contributed by atoms with E-state index < -0.39 is 5.60 Å². The van der Waals surface area contributed by atoms with Crippen LogP contribution in [-0.2, 0) is 4.74 Å². The summed E-state index contributed by atoms with van der Waals surface area (Å²) in [7, 11) is 1.71. The van der Waals surface area contributed by atoms with Gasteiger partial charge in [0.25, 0.3) is 0 Å². The highest BCUT2D eigenvalue weighted by molar-refractivity contribution is 5.87. The molecule has 0 bridgehead atoms. The Morgan fingerprint density at radius 2 is 1.43 bits per heavy atom.